The summed E-state index contributed by atoms with van der Waals surface area (Å²) in [6, 6.07) is 24.2. The van der Waals surface area contributed by atoms with Crippen molar-refractivity contribution in [2.75, 3.05) is 0 Å². The zero-order valence-electron chi connectivity index (χ0n) is 19.6. The third-order valence-electron chi connectivity index (χ3n) is 7.06. The van der Waals surface area contributed by atoms with E-state index in [0.29, 0.717) is 0 Å². The zero-order valence-corrected chi connectivity index (χ0v) is 20.4. The first kappa shape index (κ1) is 19.9. The van der Waals surface area contributed by atoms with Crippen LogP contribution in [-0.2, 0) is 18.3 Å². The standard InChI is InChI=1S/C30H25N3S/c1-30(2,3)23-17-20(16-19-9-4-6-10-21(19)23)26-28-22(14-15-31-26)27-29(34-28)33-24-11-7-5-8-18(24)12-13-25(33)32-27/h4-11,14-17H,12-13H2,1-3H3. The Bertz CT molecular complexity index is 1750. The van der Waals surface area contributed by atoms with Crippen LogP contribution in [0.25, 0.3) is 48.2 Å². The number of hydrogen-bond acceptors (Lipinski definition) is 3. The van der Waals surface area contributed by atoms with E-state index in [4.69, 9.17) is 9.97 Å². The van der Waals surface area contributed by atoms with Gasteiger partial charge in [-0.15, -0.1) is 11.3 Å². The molecule has 0 N–H and O–H groups in total. The molecule has 166 valence electrons. The summed E-state index contributed by atoms with van der Waals surface area (Å²) in [6.45, 7) is 6.86. The Morgan fingerprint density at radius 1 is 0.882 bits per heavy atom. The SMILES string of the molecule is CC(C)(C)c1cc(-c2nccc3c2sc2c3nc3n2-c2ccccc2CC3)cc2ccccc12. The van der Waals surface area contributed by atoms with Gasteiger partial charge in [0.25, 0.3) is 0 Å². The number of benzene rings is 3. The normalized spacial score (nSPS) is 13.5. The molecular formula is C30H25N3S. The van der Waals surface area contributed by atoms with Gasteiger partial charge in [-0.1, -0.05) is 63.2 Å². The van der Waals surface area contributed by atoms with Gasteiger partial charge < -0.3 is 0 Å². The maximum atomic E-state index is 5.13. The molecule has 3 nitrogen and oxygen atoms in total. The van der Waals surface area contributed by atoms with Crippen LogP contribution in [0.3, 0.4) is 0 Å². The summed E-state index contributed by atoms with van der Waals surface area (Å²) >= 11 is 1.82. The minimum Gasteiger partial charge on any atom is -0.287 e. The molecule has 3 aromatic carbocycles. The van der Waals surface area contributed by atoms with Gasteiger partial charge in [-0.3, -0.25) is 9.55 Å². The average molecular weight is 460 g/mol. The molecule has 0 spiro atoms. The van der Waals surface area contributed by atoms with Crippen molar-refractivity contribution >= 4 is 42.5 Å². The summed E-state index contributed by atoms with van der Waals surface area (Å²) in [6.07, 6.45) is 3.98. The van der Waals surface area contributed by atoms with Crippen LogP contribution in [0, 0.1) is 0 Å². The summed E-state index contributed by atoms with van der Waals surface area (Å²) < 4.78 is 3.59. The van der Waals surface area contributed by atoms with Crippen molar-refractivity contribution in [2.24, 2.45) is 0 Å². The van der Waals surface area contributed by atoms with Crippen molar-refractivity contribution in [3.05, 3.63) is 89.9 Å². The van der Waals surface area contributed by atoms with E-state index < -0.39 is 0 Å². The molecule has 0 fully saturated rings. The summed E-state index contributed by atoms with van der Waals surface area (Å²) in [4.78, 5) is 11.3. The van der Waals surface area contributed by atoms with Gasteiger partial charge in [-0.25, -0.2) is 4.98 Å². The molecular weight excluding hydrogens is 434 g/mol. The molecule has 0 aliphatic carbocycles. The molecule has 0 unspecified atom stereocenters. The fraction of sp³-hybridized carbons (Fsp3) is 0.200. The number of nitrogens with zero attached hydrogens (tertiary/aromatic N) is 3. The van der Waals surface area contributed by atoms with E-state index in [1.54, 1.807) is 0 Å². The first-order valence-corrected chi connectivity index (χ1v) is 12.7. The smallest absolute Gasteiger partial charge is 0.128 e. The number of thiophene rings is 1. The summed E-state index contributed by atoms with van der Waals surface area (Å²) in [7, 11) is 0. The first-order chi connectivity index (χ1) is 16.5. The van der Waals surface area contributed by atoms with Crippen LogP contribution in [0.4, 0.5) is 0 Å². The Labute approximate surface area is 202 Å². The lowest BCUT2D eigenvalue weighted by atomic mass is 9.82. The predicted octanol–water partition coefficient (Wildman–Crippen LogP) is 7.85. The molecule has 3 aromatic heterocycles. The van der Waals surface area contributed by atoms with Gasteiger partial charge in [0.1, 0.15) is 16.2 Å². The van der Waals surface area contributed by atoms with Crippen LogP contribution < -0.4 is 0 Å². The number of fused-ring (bicyclic) bond motifs is 8. The highest BCUT2D eigenvalue weighted by Gasteiger charge is 2.25. The molecule has 0 saturated carbocycles. The number of hydrogen-bond donors (Lipinski definition) is 0. The lowest BCUT2D eigenvalue weighted by Crippen LogP contribution is -2.12. The van der Waals surface area contributed by atoms with Crippen LogP contribution in [-0.4, -0.2) is 14.5 Å². The number of imidazole rings is 1. The van der Waals surface area contributed by atoms with E-state index in [-0.39, 0.29) is 5.41 Å². The third kappa shape index (κ3) is 2.82. The number of aryl methyl sites for hydroxylation is 2. The monoisotopic (exact) mass is 459 g/mol. The molecule has 0 atom stereocenters. The second-order valence-electron chi connectivity index (χ2n) is 10.3. The van der Waals surface area contributed by atoms with Gasteiger partial charge in [0.05, 0.1) is 16.1 Å². The highest BCUT2D eigenvalue weighted by Crippen LogP contribution is 2.43. The van der Waals surface area contributed by atoms with Crippen LogP contribution in [0.1, 0.15) is 37.7 Å². The summed E-state index contributed by atoms with van der Waals surface area (Å²) in [5.41, 5.74) is 7.40. The Kier molecular flexibility index (Phi) is 4.10. The molecule has 0 amide bonds. The fourth-order valence-corrected chi connectivity index (χ4v) is 6.71. The number of aromatic nitrogens is 3. The largest absolute Gasteiger partial charge is 0.287 e. The van der Waals surface area contributed by atoms with Crippen molar-refractivity contribution in [3.63, 3.8) is 0 Å². The predicted molar refractivity (Wildman–Crippen MR) is 143 cm³/mol. The quantitative estimate of drug-likeness (QED) is 0.251. The van der Waals surface area contributed by atoms with E-state index >= 15 is 0 Å². The van der Waals surface area contributed by atoms with E-state index in [2.05, 4.69) is 92.1 Å². The lowest BCUT2D eigenvalue weighted by molar-refractivity contribution is 0.596. The maximum Gasteiger partial charge on any atom is 0.128 e. The lowest BCUT2D eigenvalue weighted by Gasteiger charge is -2.22. The molecule has 1 aliphatic rings. The zero-order chi connectivity index (χ0) is 23.0. The van der Waals surface area contributed by atoms with Gasteiger partial charge in [-0.2, -0.15) is 0 Å². The molecule has 4 heteroatoms. The van der Waals surface area contributed by atoms with Crippen LogP contribution in [0.2, 0.25) is 0 Å². The molecule has 6 aromatic rings. The van der Waals surface area contributed by atoms with Gasteiger partial charge in [0.15, 0.2) is 0 Å². The van der Waals surface area contributed by atoms with E-state index in [1.807, 2.05) is 17.5 Å². The van der Waals surface area contributed by atoms with Gasteiger partial charge in [-0.05, 0) is 58.0 Å². The summed E-state index contributed by atoms with van der Waals surface area (Å²) in [5, 5.41) is 3.78. The summed E-state index contributed by atoms with van der Waals surface area (Å²) in [5.74, 6) is 1.17. The van der Waals surface area contributed by atoms with E-state index in [1.165, 1.54) is 53.9 Å². The van der Waals surface area contributed by atoms with Gasteiger partial charge in [0, 0.05) is 23.6 Å². The minimum absolute atomic E-state index is 0.0391. The van der Waals surface area contributed by atoms with Crippen molar-refractivity contribution in [3.8, 4) is 16.9 Å². The molecule has 7 rings (SSSR count). The Morgan fingerprint density at radius 3 is 2.59 bits per heavy atom. The highest BCUT2D eigenvalue weighted by atomic mass is 32.1. The van der Waals surface area contributed by atoms with Crippen molar-refractivity contribution < 1.29 is 0 Å². The Morgan fingerprint density at radius 2 is 1.71 bits per heavy atom. The second-order valence-corrected chi connectivity index (χ2v) is 11.3. The number of pyridine rings is 1. The molecule has 4 heterocycles. The highest BCUT2D eigenvalue weighted by molar-refractivity contribution is 7.26. The molecule has 0 bridgehead atoms. The van der Waals surface area contributed by atoms with Crippen molar-refractivity contribution in [1.29, 1.82) is 0 Å². The molecule has 34 heavy (non-hydrogen) atoms. The van der Waals surface area contributed by atoms with Crippen molar-refractivity contribution in [2.45, 2.75) is 39.0 Å². The minimum atomic E-state index is 0.0391. The van der Waals surface area contributed by atoms with Crippen LogP contribution >= 0.6 is 11.3 Å². The van der Waals surface area contributed by atoms with Gasteiger partial charge in [0.2, 0.25) is 0 Å². The first-order valence-electron chi connectivity index (χ1n) is 11.9. The Hall–Kier alpha value is -3.50. The Balaban J connectivity index is 1.52. The topological polar surface area (TPSA) is 30.7 Å². The second kappa shape index (κ2) is 7.00. The average Bonchev–Trinajstić information content (AvgIpc) is 3.39. The van der Waals surface area contributed by atoms with Crippen LogP contribution in [0.15, 0.2) is 72.9 Å². The number of rotatable bonds is 1. The van der Waals surface area contributed by atoms with Gasteiger partial charge >= 0.3 is 0 Å². The molecule has 0 saturated heterocycles. The van der Waals surface area contributed by atoms with E-state index in [9.17, 15) is 0 Å². The maximum absolute atomic E-state index is 5.13. The molecule has 1 aliphatic heterocycles. The van der Waals surface area contributed by atoms with E-state index in [0.717, 1.165) is 24.1 Å². The third-order valence-corrected chi connectivity index (χ3v) is 8.24. The molecule has 0 radical (unpaired) electrons. The fourth-order valence-electron chi connectivity index (χ4n) is 5.43. The van der Waals surface area contributed by atoms with Crippen LogP contribution in [0.5, 0.6) is 0 Å². The number of para-hydroxylation sites is 1. The van der Waals surface area contributed by atoms with Crippen molar-refractivity contribution in [1.82, 2.24) is 14.5 Å².